The van der Waals surface area contributed by atoms with Crippen molar-refractivity contribution in [1.82, 2.24) is 14.9 Å². The molecule has 0 aliphatic heterocycles. The minimum absolute atomic E-state index is 0.129. The van der Waals surface area contributed by atoms with Gasteiger partial charge in [-0.3, -0.25) is 0 Å². The summed E-state index contributed by atoms with van der Waals surface area (Å²) in [6.45, 7) is 6.59. The van der Waals surface area contributed by atoms with Crippen LogP contribution in [0.3, 0.4) is 0 Å². The average molecular weight is 366 g/mol. The van der Waals surface area contributed by atoms with E-state index in [2.05, 4.69) is 60.3 Å². The molecule has 0 saturated heterocycles. The minimum atomic E-state index is 0.129. The summed E-state index contributed by atoms with van der Waals surface area (Å²) in [6.07, 6.45) is 1.78. The van der Waals surface area contributed by atoms with E-state index in [0.29, 0.717) is 10.6 Å². The Labute approximate surface area is 158 Å². The van der Waals surface area contributed by atoms with Crippen molar-refractivity contribution in [2.75, 3.05) is 7.11 Å². The Balaban J connectivity index is 1.89. The number of aromatic nitrogens is 3. The molecular weight excluding hydrogens is 344 g/mol. The molecule has 0 spiro atoms. The molecule has 1 heterocycles. The molecule has 0 bridgehead atoms. The summed E-state index contributed by atoms with van der Waals surface area (Å²) in [6, 6.07) is 16.0. The number of hydrogen-bond donors (Lipinski definition) is 1. The van der Waals surface area contributed by atoms with Crippen LogP contribution >= 0.6 is 12.2 Å². The second-order valence-electron chi connectivity index (χ2n) is 7.01. The summed E-state index contributed by atoms with van der Waals surface area (Å²) in [5.41, 5.74) is 3.32. The Hall–Kier alpha value is -2.73. The van der Waals surface area contributed by atoms with Crippen LogP contribution in [0.2, 0.25) is 0 Å². The molecule has 3 rings (SSSR count). The quantitative estimate of drug-likeness (QED) is 0.533. The summed E-state index contributed by atoms with van der Waals surface area (Å²) in [4.78, 5) is 0. The van der Waals surface area contributed by atoms with Crippen LogP contribution in [0.25, 0.3) is 11.4 Å². The molecule has 0 radical (unpaired) electrons. The van der Waals surface area contributed by atoms with Crippen molar-refractivity contribution >= 4 is 18.4 Å². The molecule has 0 saturated carbocycles. The van der Waals surface area contributed by atoms with E-state index in [1.165, 1.54) is 5.56 Å². The number of aromatic amines is 1. The van der Waals surface area contributed by atoms with Crippen molar-refractivity contribution in [2.24, 2.45) is 5.10 Å². The molecular formula is C20H22N4OS. The smallest absolute Gasteiger partial charge is 0.216 e. The second-order valence-corrected chi connectivity index (χ2v) is 7.40. The van der Waals surface area contributed by atoms with Gasteiger partial charge in [0.2, 0.25) is 4.77 Å². The monoisotopic (exact) mass is 366 g/mol. The van der Waals surface area contributed by atoms with Crippen molar-refractivity contribution in [3.8, 4) is 17.1 Å². The van der Waals surface area contributed by atoms with Gasteiger partial charge in [-0.2, -0.15) is 14.9 Å². The molecule has 26 heavy (non-hydrogen) atoms. The van der Waals surface area contributed by atoms with Crippen molar-refractivity contribution in [3.05, 3.63) is 64.4 Å². The number of ether oxygens (including phenoxy) is 1. The molecule has 0 atom stereocenters. The highest BCUT2D eigenvalue weighted by Gasteiger charge is 2.12. The summed E-state index contributed by atoms with van der Waals surface area (Å²) < 4.78 is 7.26. The van der Waals surface area contributed by atoms with E-state index < -0.39 is 0 Å². The number of nitrogens with one attached hydrogen (secondary N) is 1. The van der Waals surface area contributed by atoms with E-state index in [1.54, 1.807) is 18.0 Å². The van der Waals surface area contributed by atoms with Crippen LogP contribution < -0.4 is 4.74 Å². The fourth-order valence-electron chi connectivity index (χ4n) is 2.52. The number of methoxy groups -OCH3 is 1. The van der Waals surface area contributed by atoms with Crippen LogP contribution in [0.4, 0.5) is 0 Å². The van der Waals surface area contributed by atoms with E-state index in [0.717, 1.165) is 16.9 Å². The molecule has 134 valence electrons. The second kappa shape index (κ2) is 7.25. The lowest BCUT2D eigenvalue weighted by Gasteiger charge is -2.18. The highest BCUT2D eigenvalue weighted by atomic mass is 32.1. The van der Waals surface area contributed by atoms with Crippen molar-refractivity contribution in [2.45, 2.75) is 26.2 Å². The Morgan fingerprint density at radius 1 is 1.08 bits per heavy atom. The summed E-state index contributed by atoms with van der Waals surface area (Å²) >= 11 is 5.31. The minimum Gasteiger partial charge on any atom is -0.497 e. The highest BCUT2D eigenvalue weighted by molar-refractivity contribution is 7.71. The lowest BCUT2D eigenvalue weighted by atomic mass is 9.87. The first kappa shape index (κ1) is 18.1. The van der Waals surface area contributed by atoms with Gasteiger partial charge in [0.05, 0.1) is 13.3 Å². The van der Waals surface area contributed by atoms with Crippen LogP contribution in [0.15, 0.2) is 53.6 Å². The van der Waals surface area contributed by atoms with Crippen LogP contribution in [0.1, 0.15) is 31.9 Å². The van der Waals surface area contributed by atoms with Gasteiger partial charge in [0.25, 0.3) is 0 Å². The molecule has 1 aromatic heterocycles. The number of nitrogens with zero attached hydrogens (tertiary/aromatic N) is 3. The van der Waals surface area contributed by atoms with Crippen LogP contribution in [-0.4, -0.2) is 28.2 Å². The summed E-state index contributed by atoms with van der Waals surface area (Å²) in [7, 11) is 1.64. The molecule has 5 nitrogen and oxygen atoms in total. The van der Waals surface area contributed by atoms with E-state index >= 15 is 0 Å². The zero-order valence-electron chi connectivity index (χ0n) is 15.4. The molecule has 0 unspecified atom stereocenters. The summed E-state index contributed by atoms with van der Waals surface area (Å²) in [5.74, 6) is 1.44. The first-order valence-electron chi connectivity index (χ1n) is 8.35. The largest absolute Gasteiger partial charge is 0.497 e. The molecule has 3 aromatic rings. The molecule has 2 aromatic carbocycles. The van der Waals surface area contributed by atoms with Gasteiger partial charge >= 0.3 is 0 Å². The number of hydrogen-bond acceptors (Lipinski definition) is 4. The average Bonchev–Trinajstić information content (AvgIpc) is 3.00. The maximum atomic E-state index is 5.31. The van der Waals surface area contributed by atoms with Crippen molar-refractivity contribution in [1.29, 1.82) is 0 Å². The van der Waals surface area contributed by atoms with Gasteiger partial charge in [-0.15, -0.1) is 0 Å². The van der Waals surface area contributed by atoms with Crippen LogP contribution in [-0.2, 0) is 5.41 Å². The van der Waals surface area contributed by atoms with Gasteiger partial charge in [0, 0.05) is 5.56 Å². The molecule has 1 N–H and O–H groups in total. The van der Waals surface area contributed by atoms with Gasteiger partial charge < -0.3 is 4.74 Å². The Bertz CT molecular complexity index is 961. The van der Waals surface area contributed by atoms with Gasteiger partial charge in [0.15, 0.2) is 5.82 Å². The topological polar surface area (TPSA) is 55.2 Å². The third-order valence-electron chi connectivity index (χ3n) is 4.10. The van der Waals surface area contributed by atoms with Gasteiger partial charge in [0.1, 0.15) is 5.75 Å². The van der Waals surface area contributed by atoms with E-state index in [1.807, 2.05) is 24.3 Å². The fourth-order valence-corrected chi connectivity index (χ4v) is 2.70. The first-order valence-corrected chi connectivity index (χ1v) is 8.76. The lowest BCUT2D eigenvalue weighted by Crippen LogP contribution is -2.10. The molecule has 6 heteroatoms. The fraction of sp³-hybridized carbons (Fsp3) is 0.250. The number of H-pyrrole nitrogens is 1. The lowest BCUT2D eigenvalue weighted by molar-refractivity contribution is 0.415. The molecule has 0 amide bonds. The Kier molecular flexibility index (Phi) is 5.04. The van der Waals surface area contributed by atoms with Gasteiger partial charge in [-0.25, -0.2) is 5.10 Å². The molecule has 0 fully saturated rings. The SMILES string of the molecule is COc1ccc(-c2n[nH]c(=S)n2N=Cc2ccc(C(C)(C)C)cc2)cc1. The van der Waals surface area contributed by atoms with Crippen molar-refractivity contribution in [3.63, 3.8) is 0 Å². The first-order chi connectivity index (χ1) is 12.4. The van der Waals surface area contributed by atoms with Gasteiger partial charge in [-0.1, -0.05) is 45.0 Å². The van der Waals surface area contributed by atoms with Crippen LogP contribution in [0.5, 0.6) is 5.75 Å². The maximum Gasteiger partial charge on any atom is 0.216 e. The van der Waals surface area contributed by atoms with Gasteiger partial charge in [-0.05, 0) is 53.0 Å². The van der Waals surface area contributed by atoms with E-state index in [9.17, 15) is 0 Å². The molecule has 0 aliphatic carbocycles. The zero-order chi connectivity index (χ0) is 18.7. The normalized spacial score (nSPS) is 11.8. The Morgan fingerprint density at radius 2 is 1.73 bits per heavy atom. The standard InChI is InChI=1S/C20H22N4OS/c1-20(2,3)16-9-5-14(6-10-16)13-21-24-18(22-23-19(24)26)15-7-11-17(25-4)12-8-15/h5-13H,1-4H3,(H,23,26). The molecule has 0 aliphatic rings. The predicted octanol–water partition coefficient (Wildman–Crippen LogP) is 4.80. The maximum absolute atomic E-state index is 5.31. The summed E-state index contributed by atoms with van der Waals surface area (Å²) in [5, 5.41) is 11.6. The number of benzene rings is 2. The van der Waals surface area contributed by atoms with E-state index in [-0.39, 0.29) is 5.41 Å². The third kappa shape index (κ3) is 3.91. The Morgan fingerprint density at radius 3 is 2.31 bits per heavy atom. The van der Waals surface area contributed by atoms with E-state index in [4.69, 9.17) is 17.0 Å². The van der Waals surface area contributed by atoms with Crippen molar-refractivity contribution < 1.29 is 4.74 Å². The third-order valence-corrected chi connectivity index (χ3v) is 4.36. The number of rotatable bonds is 4. The highest BCUT2D eigenvalue weighted by Crippen LogP contribution is 2.22. The predicted molar refractivity (Wildman–Crippen MR) is 108 cm³/mol. The zero-order valence-corrected chi connectivity index (χ0v) is 16.2. The van der Waals surface area contributed by atoms with Crippen LogP contribution in [0, 0.1) is 4.77 Å².